The van der Waals surface area contributed by atoms with Crippen molar-refractivity contribution >= 4 is 36.7 Å². The van der Waals surface area contributed by atoms with Crippen LogP contribution in [0.4, 0.5) is 0 Å². The molecule has 0 atom stereocenters. The first-order valence-electron chi connectivity index (χ1n) is 7.78. The number of rotatable bonds is 10. The zero-order valence-corrected chi connectivity index (χ0v) is 17.0. The quantitative estimate of drug-likeness (QED) is 0.213. The van der Waals surface area contributed by atoms with Gasteiger partial charge in [0, 0.05) is 0 Å². The fourth-order valence-electron chi connectivity index (χ4n) is 2.53. The maximum absolute atomic E-state index is 4.34. The number of alkyl halides is 1. The van der Waals surface area contributed by atoms with E-state index in [1.165, 1.54) is 57.0 Å². The fraction of sp³-hybridized carbons (Fsp3) is 0.875. The van der Waals surface area contributed by atoms with Crippen LogP contribution in [0.25, 0.3) is 0 Å². The van der Waals surface area contributed by atoms with E-state index in [4.69, 9.17) is 0 Å². The molecular weight excluding hydrogens is 383 g/mol. The molecule has 0 spiro atoms. The van der Waals surface area contributed by atoms with Crippen molar-refractivity contribution in [1.29, 1.82) is 0 Å². The van der Waals surface area contributed by atoms with Crippen molar-refractivity contribution in [3.8, 4) is 11.8 Å². The third kappa shape index (κ3) is 8.08. The summed E-state index contributed by atoms with van der Waals surface area (Å²) in [6.45, 7) is 6.91. The molecule has 0 saturated heterocycles. The second-order valence-corrected chi connectivity index (χ2v) is 17.6. The molecule has 0 aromatic carbocycles. The van der Waals surface area contributed by atoms with Crippen molar-refractivity contribution in [2.75, 3.05) is 30.0 Å². The first kappa shape index (κ1) is 19.9. The molecule has 0 aromatic heterocycles. The van der Waals surface area contributed by atoms with Gasteiger partial charge in [0.05, 0.1) is 0 Å². The summed E-state index contributed by atoms with van der Waals surface area (Å²) in [5, 5.41) is -0.953. The Balaban J connectivity index is 5.03. The molecule has 0 aliphatic carbocycles. The first-order chi connectivity index (χ1) is 9.04. The van der Waals surface area contributed by atoms with Gasteiger partial charge in [0.15, 0.2) is 0 Å². The molecule has 0 saturated carbocycles. The molecule has 3 heteroatoms. The first-order valence-corrected chi connectivity index (χ1v) is 13.9. The maximum atomic E-state index is 4.34. The van der Waals surface area contributed by atoms with E-state index in [1.807, 2.05) is 0 Å². The summed E-state index contributed by atoms with van der Waals surface area (Å²) in [7, 11) is 0. The van der Waals surface area contributed by atoms with Crippen LogP contribution in [-0.4, -0.2) is 30.0 Å². The molecule has 0 nitrogen and oxygen atoms in total. The van der Waals surface area contributed by atoms with Gasteiger partial charge in [-0.2, -0.15) is 0 Å². The van der Waals surface area contributed by atoms with Crippen LogP contribution in [0.2, 0.25) is 0 Å². The topological polar surface area (TPSA) is 0 Å². The van der Waals surface area contributed by atoms with Crippen LogP contribution in [0.3, 0.4) is 0 Å². The Hall–Kier alpha value is 0.950. The van der Waals surface area contributed by atoms with Crippen molar-refractivity contribution in [1.82, 2.24) is 0 Å². The molecular formula is C16H31Br2P. The molecule has 0 amide bonds. The van der Waals surface area contributed by atoms with Crippen LogP contribution in [0, 0.1) is 11.8 Å². The number of hydrogen-bond acceptors (Lipinski definition) is 0. The Morgan fingerprint density at radius 1 is 0.789 bits per heavy atom. The Kier molecular flexibility index (Phi) is 11.2. The minimum absolute atomic E-state index is 0.807. The second-order valence-electron chi connectivity index (χ2n) is 5.70. The van der Waals surface area contributed by atoms with E-state index in [1.54, 1.807) is 0 Å². The Morgan fingerprint density at radius 2 is 1.21 bits per heavy atom. The molecule has 0 unspecified atom stereocenters. The van der Waals surface area contributed by atoms with Gasteiger partial charge in [-0.25, -0.2) is 0 Å². The van der Waals surface area contributed by atoms with Gasteiger partial charge >= 0.3 is 138 Å². The van der Waals surface area contributed by atoms with E-state index in [0.717, 1.165) is 11.5 Å². The molecule has 0 aromatic rings. The van der Waals surface area contributed by atoms with E-state index in [9.17, 15) is 0 Å². The molecule has 0 fully saturated rings. The third-order valence-electron chi connectivity index (χ3n) is 3.88. The zero-order chi connectivity index (χ0) is 14.6. The van der Waals surface area contributed by atoms with Gasteiger partial charge in [-0.1, -0.05) is 0 Å². The third-order valence-corrected chi connectivity index (χ3v) is 13.4. The molecule has 0 radical (unpaired) electrons. The van der Waals surface area contributed by atoms with Crippen LogP contribution in [0.15, 0.2) is 0 Å². The normalized spacial score (nSPS) is 13.4. The average Bonchev–Trinajstić information content (AvgIpc) is 2.42. The fourth-order valence-corrected chi connectivity index (χ4v) is 10.3. The minimum atomic E-state index is -1.76. The van der Waals surface area contributed by atoms with Crippen LogP contribution in [-0.2, 0) is 0 Å². The summed E-state index contributed by atoms with van der Waals surface area (Å²) in [5.41, 5.74) is 0. The molecule has 0 heterocycles. The van der Waals surface area contributed by atoms with Crippen molar-refractivity contribution in [2.24, 2.45) is 0 Å². The number of unbranched alkanes of at least 4 members (excludes halogenated alkanes) is 3. The molecule has 0 aliphatic heterocycles. The van der Waals surface area contributed by atoms with Crippen molar-refractivity contribution < 1.29 is 0 Å². The van der Waals surface area contributed by atoms with Crippen LogP contribution in [0.5, 0.6) is 0 Å². The van der Waals surface area contributed by atoms with Crippen LogP contribution in [0.1, 0.15) is 59.3 Å². The van der Waals surface area contributed by atoms with Crippen LogP contribution >= 0.6 is 36.7 Å². The van der Waals surface area contributed by atoms with Crippen molar-refractivity contribution in [2.45, 2.75) is 59.3 Å². The summed E-state index contributed by atoms with van der Waals surface area (Å²) in [4.78, 5) is 0. The number of hydrogen-bond donors (Lipinski definition) is 0. The molecule has 114 valence electrons. The molecule has 0 N–H and O–H groups in total. The van der Waals surface area contributed by atoms with Crippen molar-refractivity contribution in [3.63, 3.8) is 0 Å². The van der Waals surface area contributed by atoms with E-state index in [0.29, 0.717) is 0 Å². The van der Waals surface area contributed by atoms with Crippen molar-refractivity contribution in [3.05, 3.63) is 0 Å². The predicted octanol–water partition coefficient (Wildman–Crippen LogP) is 6.65. The summed E-state index contributed by atoms with van der Waals surface area (Å²) in [6, 6.07) is 0. The van der Waals surface area contributed by atoms with Gasteiger partial charge in [0.1, 0.15) is 0 Å². The standard InChI is InChI=1S/C16H31Br2P/c1-4-7-13-19(18,14-8-5-2,15-9-6-3)16-11-10-12-17/h4-9,12-16H2,1-3H3. The van der Waals surface area contributed by atoms with E-state index >= 15 is 0 Å². The monoisotopic (exact) mass is 412 g/mol. The zero-order valence-electron chi connectivity index (χ0n) is 13.0. The molecule has 19 heavy (non-hydrogen) atoms. The second kappa shape index (κ2) is 10.6. The number of halogens is 2. The molecule has 0 rings (SSSR count). The average molecular weight is 414 g/mol. The molecule has 0 bridgehead atoms. The van der Waals surface area contributed by atoms with E-state index < -0.39 is 5.31 Å². The Morgan fingerprint density at radius 3 is 1.53 bits per heavy atom. The van der Waals surface area contributed by atoms with Gasteiger partial charge < -0.3 is 0 Å². The van der Waals surface area contributed by atoms with Crippen LogP contribution < -0.4 is 0 Å². The van der Waals surface area contributed by atoms with Gasteiger partial charge in [-0.3, -0.25) is 0 Å². The summed E-state index contributed by atoms with van der Waals surface area (Å²) in [6.07, 6.45) is 13.2. The summed E-state index contributed by atoms with van der Waals surface area (Å²) < 4.78 is 0. The van der Waals surface area contributed by atoms with E-state index in [-0.39, 0.29) is 0 Å². The predicted molar refractivity (Wildman–Crippen MR) is 102 cm³/mol. The van der Waals surface area contributed by atoms with Gasteiger partial charge in [-0.05, 0) is 0 Å². The van der Waals surface area contributed by atoms with E-state index in [2.05, 4.69) is 64.0 Å². The Labute approximate surface area is 137 Å². The summed E-state index contributed by atoms with van der Waals surface area (Å²) in [5.74, 6) is 6.68. The summed E-state index contributed by atoms with van der Waals surface area (Å²) >= 11 is 7.76. The molecule has 0 aliphatic rings. The SMILES string of the molecule is CCCCP(Br)(CC#CCBr)(CCCC)CCCC. The van der Waals surface area contributed by atoms with Gasteiger partial charge in [0.25, 0.3) is 0 Å². The van der Waals surface area contributed by atoms with Gasteiger partial charge in [0.2, 0.25) is 0 Å². The Bertz CT molecular complexity index is 266. The van der Waals surface area contributed by atoms with Gasteiger partial charge in [-0.15, -0.1) is 0 Å².